The summed E-state index contributed by atoms with van der Waals surface area (Å²) in [7, 11) is 14.3. The molecule has 4 aliphatic rings. The fourth-order valence-electron chi connectivity index (χ4n) is 4.87. The van der Waals surface area contributed by atoms with Gasteiger partial charge in [0.05, 0.1) is 15.7 Å². The predicted octanol–water partition coefficient (Wildman–Crippen LogP) is 1.27. The molecule has 4 bridgehead atoms. The Morgan fingerprint density at radius 3 is 1.80 bits per heavy atom. The molecular weight excluding hydrogens is 180 g/mol. The molecule has 0 unspecified atom stereocenters. The molecule has 0 spiro atoms. The first-order valence-corrected chi connectivity index (χ1v) is 6.37. The van der Waals surface area contributed by atoms with Crippen LogP contribution in [-0.4, -0.2) is 28.1 Å². The average molecular weight is 199 g/mol. The molecule has 1 N–H and O–H groups in total. The van der Waals surface area contributed by atoms with E-state index in [9.17, 15) is 0 Å². The number of rotatable bonds is 2. The third-order valence-electron chi connectivity index (χ3n) is 5.21. The number of hydrogen-bond acceptors (Lipinski definition) is 1. The van der Waals surface area contributed by atoms with E-state index in [2.05, 4.69) is 5.32 Å². The molecule has 4 radical (unpaired) electrons. The van der Waals surface area contributed by atoms with Gasteiger partial charge in [-0.2, -0.15) is 0 Å². The highest BCUT2D eigenvalue weighted by Crippen LogP contribution is 2.58. The Morgan fingerprint density at radius 1 is 0.933 bits per heavy atom. The maximum atomic E-state index is 6.21. The van der Waals surface area contributed by atoms with Gasteiger partial charge >= 0.3 is 0 Å². The second-order valence-electron chi connectivity index (χ2n) is 6.14. The van der Waals surface area contributed by atoms with Crippen LogP contribution in [0.3, 0.4) is 0 Å². The van der Waals surface area contributed by atoms with Gasteiger partial charge < -0.3 is 5.32 Å². The minimum atomic E-state index is -0.636. The van der Waals surface area contributed by atoms with Crippen molar-refractivity contribution < 1.29 is 0 Å². The van der Waals surface area contributed by atoms with Crippen LogP contribution in [0.15, 0.2) is 0 Å². The Kier molecular flexibility index (Phi) is 2.25. The first-order chi connectivity index (χ1) is 7.10. The zero-order valence-electron chi connectivity index (χ0n) is 9.58. The van der Waals surface area contributed by atoms with E-state index in [1.54, 1.807) is 0 Å². The molecule has 0 heterocycles. The first kappa shape index (κ1) is 10.3. The summed E-state index contributed by atoms with van der Waals surface area (Å²) >= 11 is 0. The highest BCUT2D eigenvalue weighted by molar-refractivity contribution is 6.40. The van der Waals surface area contributed by atoms with Gasteiger partial charge in [0.1, 0.15) is 0 Å². The summed E-state index contributed by atoms with van der Waals surface area (Å²) in [4.78, 5) is 0. The van der Waals surface area contributed by atoms with Crippen LogP contribution >= 0.6 is 0 Å². The van der Waals surface area contributed by atoms with Gasteiger partial charge in [0.25, 0.3) is 0 Å². The Hall–Kier alpha value is 0.0899. The van der Waals surface area contributed by atoms with Crippen molar-refractivity contribution in [2.45, 2.75) is 37.4 Å². The van der Waals surface area contributed by atoms with Crippen LogP contribution in [0.5, 0.6) is 0 Å². The molecule has 0 aliphatic heterocycles. The fraction of sp³-hybridized carbons (Fsp3) is 1.00. The summed E-state index contributed by atoms with van der Waals surface area (Å²) < 4.78 is 0. The van der Waals surface area contributed by atoms with E-state index in [0.29, 0.717) is 5.92 Å². The maximum absolute atomic E-state index is 6.21. The second kappa shape index (κ2) is 3.29. The Bertz CT molecular complexity index is 236. The normalized spacial score (nSPS) is 48.5. The second-order valence-corrected chi connectivity index (χ2v) is 6.14. The van der Waals surface area contributed by atoms with Gasteiger partial charge in [-0.25, -0.2) is 0 Å². The predicted molar refractivity (Wildman–Crippen MR) is 63.8 cm³/mol. The van der Waals surface area contributed by atoms with E-state index in [0.717, 1.165) is 23.7 Å². The van der Waals surface area contributed by atoms with E-state index in [4.69, 9.17) is 15.7 Å². The van der Waals surface area contributed by atoms with Gasteiger partial charge in [0, 0.05) is 0 Å². The topological polar surface area (TPSA) is 12.0 Å². The SMILES string of the molecule is [B]C([B])(NC)C1C2CC3CC(C2)CC1C3. The van der Waals surface area contributed by atoms with E-state index in [-0.39, 0.29) is 0 Å². The molecule has 3 heteroatoms. The standard InChI is InChI=1S/C12H19B2N/c1-15-12(13,14)11-9-3-7-2-8(5-9)6-10(11)4-7/h7-11,15H,2-6H2,1H3. The largest absolute Gasteiger partial charge is 0.331 e. The smallest absolute Gasteiger partial charge is 0.0824 e. The van der Waals surface area contributed by atoms with Crippen LogP contribution in [-0.2, 0) is 0 Å². The molecule has 0 aromatic carbocycles. The lowest BCUT2D eigenvalue weighted by Gasteiger charge is -2.59. The van der Waals surface area contributed by atoms with Crippen LogP contribution in [0, 0.1) is 29.6 Å². The van der Waals surface area contributed by atoms with Crippen LogP contribution in [0.4, 0.5) is 0 Å². The highest BCUT2D eigenvalue weighted by Gasteiger charge is 2.51. The van der Waals surface area contributed by atoms with Crippen LogP contribution in [0.2, 0.25) is 0 Å². The van der Waals surface area contributed by atoms with Crippen molar-refractivity contribution in [3.05, 3.63) is 0 Å². The molecule has 4 fully saturated rings. The zero-order valence-corrected chi connectivity index (χ0v) is 9.58. The van der Waals surface area contributed by atoms with E-state index in [1.165, 1.54) is 32.1 Å². The lowest BCUT2D eigenvalue weighted by atomic mass is 9.41. The summed E-state index contributed by atoms with van der Waals surface area (Å²) in [6, 6.07) is 0. The molecule has 15 heavy (non-hydrogen) atoms. The Balaban J connectivity index is 1.86. The number of hydrogen-bond donors (Lipinski definition) is 1. The molecule has 0 amide bonds. The van der Waals surface area contributed by atoms with Crippen molar-refractivity contribution >= 4 is 15.7 Å². The van der Waals surface area contributed by atoms with Crippen LogP contribution in [0.25, 0.3) is 0 Å². The minimum Gasteiger partial charge on any atom is -0.331 e. The summed E-state index contributed by atoms with van der Waals surface area (Å²) in [5.41, 5.74) is 0. The van der Waals surface area contributed by atoms with Crippen molar-refractivity contribution in [1.82, 2.24) is 5.32 Å². The minimum absolute atomic E-state index is 0.510. The lowest BCUT2D eigenvalue weighted by molar-refractivity contribution is -0.0463. The number of nitrogens with one attached hydrogen (secondary N) is 1. The van der Waals surface area contributed by atoms with E-state index < -0.39 is 5.34 Å². The third kappa shape index (κ3) is 1.50. The van der Waals surface area contributed by atoms with E-state index in [1.807, 2.05) is 7.05 Å². The third-order valence-corrected chi connectivity index (χ3v) is 5.21. The summed E-state index contributed by atoms with van der Waals surface area (Å²) in [5.74, 6) is 4.09. The summed E-state index contributed by atoms with van der Waals surface area (Å²) in [5, 5.41) is 2.49. The fourth-order valence-corrected chi connectivity index (χ4v) is 4.87. The summed E-state index contributed by atoms with van der Waals surface area (Å²) in [6.07, 6.45) is 7.03. The molecule has 0 atom stereocenters. The lowest BCUT2D eigenvalue weighted by Crippen LogP contribution is -2.61. The molecule has 1 nitrogen and oxygen atoms in total. The van der Waals surface area contributed by atoms with Crippen LogP contribution < -0.4 is 5.32 Å². The monoisotopic (exact) mass is 199 g/mol. The van der Waals surface area contributed by atoms with Gasteiger partial charge in [0.15, 0.2) is 0 Å². The molecule has 0 saturated heterocycles. The summed E-state index contributed by atoms with van der Waals surface area (Å²) in [6.45, 7) is 0. The van der Waals surface area contributed by atoms with Crippen molar-refractivity contribution in [1.29, 1.82) is 0 Å². The quantitative estimate of drug-likeness (QED) is 0.660. The van der Waals surface area contributed by atoms with Gasteiger partial charge in [-0.3, -0.25) is 0 Å². The molecule has 78 valence electrons. The van der Waals surface area contributed by atoms with Gasteiger partial charge in [-0.1, -0.05) is 5.34 Å². The molecule has 4 rings (SSSR count). The van der Waals surface area contributed by atoms with Gasteiger partial charge in [0.2, 0.25) is 0 Å². The highest BCUT2D eigenvalue weighted by atomic mass is 14.9. The molecule has 4 saturated carbocycles. The van der Waals surface area contributed by atoms with Crippen molar-refractivity contribution in [2.24, 2.45) is 29.6 Å². The molecule has 0 aromatic heterocycles. The Morgan fingerprint density at radius 2 is 1.40 bits per heavy atom. The first-order valence-electron chi connectivity index (χ1n) is 6.37. The van der Waals surface area contributed by atoms with Crippen molar-refractivity contribution in [3.8, 4) is 0 Å². The van der Waals surface area contributed by atoms with Crippen LogP contribution in [0.1, 0.15) is 32.1 Å². The van der Waals surface area contributed by atoms with E-state index >= 15 is 0 Å². The molecule has 0 aromatic rings. The maximum Gasteiger partial charge on any atom is 0.0824 e. The Labute approximate surface area is 95.6 Å². The van der Waals surface area contributed by atoms with Crippen molar-refractivity contribution in [3.63, 3.8) is 0 Å². The average Bonchev–Trinajstić information content (AvgIpc) is 2.15. The van der Waals surface area contributed by atoms with Gasteiger partial charge in [-0.05, 0) is 68.7 Å². The zero-order chi connectivity index (χ0) is 10.6. The van der Waals surface area contributed by atoms with Gasteiger partial charge in [-0.15, -0.1) is 0 Å². The molecule has 4 aliphatic carbocycles. The molecular formula is C12H19B2N. The van der Waals surface area contributed by atoms with Crippen molar-refractivity contribution in [2.75, 3.05) is 7.05 Å².